The number of aromatic nitrogens is 1. The Morgan fingerprint density at radius 1 is 1.47 bits per heavy atom. The Hall–Kier alpha value is -2.21. The van der Waals surface area contributed by atoms with E-state index < -0.39 is 0 Å². The van der Waals surface area contributed by atoms with Crippen LogP contribution < -0.4 is 21.3 Å². The van der Waals surface area contributed by atoms with Crippen molar-refractivity contribution in [3.8, 4) is 5.75 Å². The molecular formula is C13H18N4O2. The van der Waals surface area contributed by atoms with Gasteiger partial charge in [-0.1, -0.05) is 0 Å². The van der Waals surface area contributed by atoms with Crippen molar-refractivity contribution in [3.63, 3.8) is 0 Å². The summed E-state index contributed by atoms with van der Waals surface area (Å²) in [6.07, 6.45) is 0.687. The van der Waals surface area contributed by atoms with Crippen LogP contribution >= 0.6 is 0 Å². The minimum absolute atomic E-state index is 0.0420. The van der Waals surface area contributed by atoms with E-state index in [2.05, 4.69) is 15.7 Å². The van der Waals surface area contributed by atoms with E-state index in [-0.39, 0.29) is 5.91 Å². The normalized spacial score (nSPS) is 10.5. The summed E-state index contributed by atoms with van der Waals surface area (Å²) in [5.74, 6) is 7.02. The van der Waals surface area contributed by atoms with Gasteiger partial charge >= 0.3 is 0 Å². The number of hydrogen-bond acceptors (Lipinski definition) is 4. The third-order valence-corrected chi connectivity index (χ3v) is 3.01. The van der Waals surface area contributed by atoms with Crippen molar-refractivity contribution >= 4 is 22.6 Å². The van der Waals surface area contributed by atoms with Crippen LogP contribution in [0.2, 0.25) is 0 Å². The predicted molar refractivity (Wildman–Crippen MR) is 75.0 cm³/mol. The van der Waals surface area contributed by atoms with E-state index in [0.29, 0.717) is 13.0 Å². The number of nitrogen functional groups attached to an aromatic ring is 1. The zero-order chi connectivity index (χ0) is 13.8. The summed E-state index contributed by atoms with van der Waals surface area (Å²) in [6.45, 7) is 2.06. The highest BCUT2D eigenvalue weighted by Gasteiger charge is 2.11. The summed E-state index contributed by atoms with van der Waals surface area (Å²) in [5, 5.41) is 3.82. The maximum absolute atomic E-state index is 10.9. The quantitative estimate of drug-likeness (QED) is 0.480. The molecule has 0 spiro atoms. The monoisotopic (exact) mass is 262 g/mol. The van der Waals surface area contributed by atoms with Gasteiger partial charge in [0.15, 0.2) is 0 Å². The lowest BCUT2D eigenvalue weighted by atomic mass is 10.1. The number of nitrogens with two attached hydrogens (primary N) is 1. The van der Waals surface area contributed by atoms with Crippen molar-refractivity contribution < 1.29 is 9.53 Å². The molecule has 0 saturated carbocycles. The zero-order valence-electron chi connectivity index (χ0n) is 11.0. The Morgan fingerprint density at radius 3 is 2.89 bits per heavy atom. The lowest BCUT2D eigenvalue weighted by molar-refractivity contribution is -0.118. The van der Waals surface area contributed by atoms with Crippen LogP contribution in [-0.2, 0) is 11.2 Å². The summed E-state index contributed by atoms with van der Waals surface area (Å²) in [6, 6.07) is 5.78. The fraction of sp³-hybridized carbons (Fsp3) is 0.308. The van der Waals surface area contributed by atoms with Gasteiger partial charge in [0.2, 0.25) is 5.91 Å². The zero-order valence-corrected chi connectivity index (χ0v) is 11.0. The van der Waals surface area contributed by atoms with Crippen molar-refractivity contribution in [1.82, 2.24) is 10.3 Å². The Balaban J connectivity index is 2.34. The molecule has 5 N–H and O–H groups in total. The van der Waals surface area contributed by atoms with Crippen molar-refractivity contribution in [2.24, 2.45) is 5.84 Å². The van der Waals surface area contributed by atoms with Gasteiger partial charge in [-0.2, -0.15) is 0 Å². The number of methoxy groups -OCH3 is 1. The standard InChI is InChI=1S/C13H18N4O2/c1-8(18)15-6-5-10-11-7-9(19-2)3-4-12(11)16-13(10)17-14/h3-4,7,16-17H,5-6,14H2,1-2H3,(H,15,18). The van der Waals surface area contributed by atoms with E-state index in [9.17, 15) is 4.79 Å². The molecule has 2 rings (SSSR count). The molecule has 0 bridgehead atoms. The number of hydrazine groups is 1. The molecular weight excluding hydrogens is 244 g/mol. The summed E-state index contributed by atoms with van der Waals surface area (Å²) >= 11 is 0. The molecule has 1 amide bonds. The van der Waals surface area contributed by atoms with Crippen LogP contribution in [0.5, 0.6) is 5.75 Å². The van der Waals surface area contributed by atoms with E-state index >= 15 is 0 Å². The maximum Gasteiger partial charge on any atom is 0.216 e. The van der Waals surface area contributed by atoms with E-state index in [1.807, 2.05) is 18.2 Å². The number of fused-ring (bicyclic) bond motifs is 1. The third-order valence-electron chi connectivity index (χ3n) is 3.01. The Bertz CT molecular complexity index is 592. The minimum Gasteiger partial charge on any atom is -0.497 e. The van der Waals surface area contributed by atoms with Crippen molar-refractivity contribution in [1.29, 1.82) is 0 Å². The molecule has 0 saturated heterocycles. The highest BCUT2D eigenvalue weighted by Crippen LogP contribution is 2.29. The topological polar surface area (TPSA) is 92.2 Å². The van der Waals surface area contributed by atoms with Crippen LogP contribution in [0.4, 0.5) is 5.82 Å². The van der Waals surface area contributed by atoms with Crippen LogP contribution in [0.25, 0.3) is 10.9 Å². The van der Waals surface area contributed by atoms with Gasteiger partial charge in [-0.05, 0) is 24.6 Å². The number of nitrogens with one attached hydrogen (secondary N) is 3. The molecule has 1 heterocycles. The first kappa shape index (κ1) is 13.2. The van der Waals surface area contributed by atoms with Crippen LogP contribution in [0, 0.1) is 0 Å². The number of hydrogen-bond donors (Lipinski definition) is 4. The minimum atomic E-state index is -0.0420. The molecule has 0 aliphatic carbocycles. The molecule has 0 atom stereocenters. The van der Waals surface area contributed by atoms with Gasteiger partial charge in [0.1, 0.15) is 11.6 Å². The lowest BCUT2D eigenvalue weighted by Gasteiger charge is -2.05. The number of carbonyl (C=O) groups excluding carboxylic acids is 1. The maximum atomic E-state index is 10.9. The summed E-state index contributed by atoms with van der Waals surface area (Å²) in [7, 11) is 1.63. The van der Waals surface area contributed by atoms with Gasteiger partial charge in [-0.15, -0.1) is 0 Å². The fourth-order valence-corrected chi connectivity index (χ4v) is 2.10. The average molecular weight is 262 g/mol. The summed E-state index contributed by atoms with van der Waals surface area (Å²) < 4.78 is 5.23. The number of benzene rings is 1. The van der Waals surface area contributed by atoms with Crippen molar-refractivity contribution in [2.75, 3.05) is 19.1 Å². The van der Waals surface area contributed by atoms with Crippen molar-refractivity contribution in [2.45, 2.75) is 13.3 Å². The lowest BCUT2D eigenvalue weighted by Crippen LogP contribution is -2.22. The molecule has 102 valence electrons. The van der Waals surface area contributed by atoms with E-state index in [1.54, 1.807) is 7.11 Å². The number of H-pyrrole nitrogens is 1. The molecule has 6 nitrogen and oxygen atoms in total. The second-order valence-corrected chi connectivity index (χ2v) is 4.27. The number of ether oxygens (including phenoxy) is 1. The Labute approximate surface area is 111 Å². The first-order valence-corrected chi connectivity index (χ1v) is 6.05. The molecule has 0 radical (unpaired) electrons. The summed E-state index contributed by atoms with van der Waals surface area (Å²) in [4.78, 5) is 14.1. The molecule has 0 unspecified atom stereocenters. The SMILES string of the molecule is COc1ccc2[nH]c(NN)c(CCNC(C)=O)c2c1. The van der Waals surface area contributed by atoms with E-state index in [4.69, 9.17) is 10.6 Å². The molecule has 1 aromatic carbocycles. The van der Waals surface area contributed by atoms with Crippen LogP contribution in [0.1, 0.15) is 12.5 Å². The van der Waals surface area contributed by atoms with Gasteiger partial charge in [-0.25, -0.2) is 5.84 Å². The Kier molecular flexibility index (Phi) is 3.91. The number of aromatic amines is 1. The largest absolute Gasteiger partial charge is 0.497 e. The van der Waals surface area contributed by atoms with Crippen molar-refractivity contribution in [3.05, 3.63) is 23.8 Å². The number of rotatable bonds is 5. The highest BCUT2D eigenvalue weighted by molar-refractivity contribution is 5.90. The number of amides is 1. The van der Waals surface area contributed by atoms with Crippen LogP contribution in [-0.4, -0.2) is 24.5 Å². The van der Waals surface area contributed by atoms with Gasteiger partial charge in [0.25, 0.3) is 0 Å². The van der Waals surface area contributed by atoms with Crippen LogP contribution in [0.3, 0.4) is 0 Å². The summed E-state index contributed by atoms with van der Waals surface area (Å²) in [5.41, 5.74) is 4.66. The molecule has 0 fully saturated rings. The molecule has 1 aromatic heterocycles. The number of carbonyl (C=O) groups is 1. The smallest absolute Gasteiger partial charge is 0.216 e. The van der Waals surface area contributed by atoms with Gasteiger partial charge in [-0.3, -0.25) is 4.79 Å². The van der Waals surface area contributed by atoms with Gasteiger partial charge in [0, 0.05) is 29.9 Å². The molecule has 19 heavy (non-hydrogen) atoms. The molecule has 0 aliphatic heterocycles. The fourth-order valence-electron chi connectivity index (χ4n) is 2.10. The predicted octanol–water partition coefficient (Wildman–Crippen LogP) is 1.14. The van der Waals surface area contributed by atoms with E-state index in [0.717, 1.165) is 28.0 Å². The first-order chi connectivity index (χ1) is 9.15. The second-order valence-electron chi connectivity index (χ2n) is 4.27. The van der Waals surface area contributed by atoms with E-state index in [1.165, 1.54) is 6.92 Å². The number of anilines is 1. The second kappa shape index (κ2) is 5.62. The first-order valence-electron chi connectivity index (χ1n) is 6.05. The van der Waals surface area contributed by atoms with Gasteiger partial charge in [0.05, 0.1) is 7.11 Å². The third kappa shape index (κ3) is 2.79. The Morgan fingerprint density at radius 2 is 2.26 bits per heavy atom. The van der Waals surface area contributed by atoms with Gasteiger partial charge < -0.3 is 20.5 Å². The molecule has 2 aromatic rings. The van der Waals surface area contributed by atoms with Crippen LogP contribution in [0.15, 0.2) is 18.2 Å². The highest BCUT2D eigenvalue weighted by atomic mass is 16.5. The average Bonchev–Trinajstić information content (AvgIpc) is 2.75. The molecule has 0 aliphatic rings. The molecule has 6 heteroatoms.